The van der Waals surface area contributed by atoms with Crippen LogP contribution in [0.1, 0.15) is 11.3 Å². The summed E-state index contributed by atoms with van der Waals surface area (Å²) >= 11 is 6.17. The van der Waals surface area contributed by atoms with E-state index in [9.17, 15) is 10.1 Å². The van der Waals surface area contributed by atoms with Gasteiger partial charge in [-0.15, -0.1) is 0 Å². The average molecular weight is 397 g/mol. The van der Waals surface area contributed by atoms with Crippen molar-refractivity contribution in [2.24, 2.45) is 0 Å². The Hall–Kier alpha value is -2.96. The molecule has 1 N–H and O–H groups in total. The van der Waals surface area contributed by atoms with Gasteiger partial charge in [0.15, 0.2) is 0 Å². The number of nitrogens with one attached hydrogen (secondary N) is 1. The zero-order valence-corrected chi connectivity index (χ0v) is 16.5. The van der Waals surface area contributed by atoms with Crippen molar-refractivity contribution in [3.63, 3.8) is 0 Å². The topological polar surface area (TPSA) is 71.3 Å². The molecule has 7 heteroatoms. The van der Waals surface area contributed by atoms with Crippen LogP contribution in [0.3, 0.4) is 0 Å². The number of benzene rings is 2. The number of nitro groups is 1. The first-order valence-electron chi connectivity index (χ1n) is 8.84. The van der Waals surface area contributed by atoms with Gasteiger partial charge in [0.05, 0.1) is 16.1 Å². The third-order valence-electron chi connectivity index (χ3n) is 4.22. The first-order chi connectivity index (χ1) is 13.4. The number of non-ortho nitro benzene ring substituents is 1. The predicted octanol–water partition coefficient (Wildman–Crippen LogP) is 4.94. The summed E-state index contributed by atoms with van der Waals surface area (Å²) in [7, 11) is 4.06. The minimum Gasteiger partial charge on any atom is -0.383 e. The molecule has 6 nitrogen and oxygen atoms in total. The van der Waals surface area contributed by atoms with Gasteiger partial charge in [-0.1, -0.05) is 17.7 Å². The molecule has 144 valence electrons. The lowest BCUT2D eigenvalue weighted by atomic mass is 10.1. The second kappa shape index (κ2) is 8.82. The number of hydrogen-bond donors (Lipinski definition) is 1. The molecule has 1 aromatic heterocycles. The van der Waals surface area contributed by atoms with Crippen LogP contribution in [0, 0.1) is 10.1 Å². The SMILES string of the molecule is CN(C)CCNc1cc(/C=C/c2ccc([N+](=O)[O-])cc2)nc2ccc(Cl)cc12. The average Bonchev–Trinajstić information content (AvgIpc) is 2.66. The summed E-state index contributed by atoms with van der Waals surface area (Å²) in [5.74, 6) is 0. The Morgan fingerprint density at radius 3 is 2.57 bits per heavy atom. The highest BCUT2D eigenvalue weighted by Gasteiger charge is 2.06. The van der Waals surface area contributed by atoms with Crippen LogP contribution in [0.25, 0.3) is 23.1 Å². The number of nitrogens with zero attached hydrogens (tertiary/aromatic N) is 3. The molecule has 3 aromatic rings. The third-order valence-corrected chi connectivity index (χ3v) is 4.45. The van der Waals surface area contributed by atoms with Gasteiger partial charge in [-0.3, -0.25) is 10.1 Å². The van der Waals surface area contributed by atoms with Crippen LogP contribution in [0.2, 0.25) is 5.02 Å². The zero-order valence-electron chi connectivity index (χ0n) is 15.7. The summed E-state index contributed by atoms with van der Waals surface area (Å²) in [5, 5.41) is 15.9. The molecule has 0 amide bonds. The second-order valence-electron chi connectivity index (χ2n) is 6.67. The van der Waals surface area contributed by atoms with Gasteiger partial charge in [0, 0.05) is 41.3 Å². The molecule has 0 aliphatic rings. The molecule has 2 aromatic carbocycles. The van der Waals surface area contributed by atoms with Crippen molar-refractivity contribution in [3.8, 4) is 0 Å². The summed E-state index contributed by atoms with van der Waals surface area (Å²) in [6.45, 7) is 1.70. The van der Waals surface area contributed by atoms with Gasteiger partial charge in [-0.25, -0.2) is 4.98 Å². The summed E-state index contributed by atoms with van der Waals surface area (Å²) in [4.78, 5) is 17.1. The van der Waals surface area contributed by atoms with E-state index >= 15 is 0 Å². The lowest BCUT2D eigenvalue weighted by Crippen LogP contribution is -2.20. The molecule has 0 fully saturated rings. The number of hydrogen-bond acceptors (Lipinski definition) is 5. The van der Waals surface area contributed by atoms with E-state index in [1.54, 1.807) is 12.1 Å². The molecule has 3 rings (SSSR count). The molecule has 0 aliphatic carbocycles. The Morgan fingerprint density at radius 1 is 1.14 bits per heavy atom. The third kappa shape index (κ3) is 5.06. The molecule has 28 heavy (non-hydrogen) atoms. The van der Waals surface area contributed by atoms with Crippen LogP contribution in [0.5, 0.6) is 0 Å². The maximum Gasteiger partial charge on any atom is 0.269 e. The summed E-state index contributed by atoms with van der Waals surface area (Å²) < 4.78 is 0. The van der Waals surface area contributed by atoms with E-state index in [0.717, 1.165) is 40.9 Å². The van der Waals surface area contributed by atoms with Gasteiger partial charge in [0.25, 0.3) is 5.69 Å². The Bertz CT molecular complexity index is 1020. The number of fused-ring (bicyclic) bond motifs is 1. The molecule has 0 bridgehead atoms. The molecule has 0 unspecified atom stereocenters. The molecule has 0 saturated carbocycles. The van der Waals surface area contributed by atoms with Gasteiger partial charge >= 0.3 is 0 Å². The lowest BCUT2D eigenvalue weighted by molar-refractivity contribution is -0.384. The van der Waals surface area contributed by atoms with Crippen LogP contribution in [0.15, 0.2) is 48.5 Å². The Labute approximate surface area is 168 Å². The van der Waals surface area contributed by atoms with E-state index in [1.165, 1.54) is 12.1 Å². The van der Waals surface area contributed by atoms with Crippen molar-refractivity contribution >= 4 is 46.0 Å². The number of aromatic nitrogens is 1. The summed E-state index contributed by atoms with van der Waals surface area (Å²) in [6, 6.07) is 14.0. The summed E-state index contributed by atoms with van der Waals surface area (Å²) in [6.07, 6.45) is 3.78. The smallest absolute Gasteiger partial charge is 0.269 e. The normalized spacial score (nSPS) is 11.4. The lowest BCUT2D eigenvalue weighted by Gasteiger charge is -2.14. The molecule has 0 spiro atoms. The molecule has 0 saturated heterocycles. The molecular weight excluding hydrogens is 376 g/mol. The first kappa shape index (κ1) is 19.8. The molecule has 1 heterocycles. The quantitative estimate of drug-likeness (QED) is 0.452. The molecular formula is C21H21ClN4O2. The van der Waals surface area contributed by atoms with E-state index in [2.05, 4.69) is 15.2 Å². The Morgan fingerprint density at radius 2 is 1.89 bits per heavy atom. The predicted molar refractivity (Wildman–Crippen MR) is 116 cm³/mol. The fourth-order valence-electron chi connectivity index (χ4n) is 2.75. The highest BCUT2D eigenvalue weighted by molar-refractivity contribution is 6.31. The molecule has 0 aliphatic heterocycles. The highest BCUT2D eigenvalue weighted by Crippen LogP contribution is 2.27. The Kier molecular flexibility index (Phi) is 6.23. The van der Waals surface area contributed by atoms with Gasteiger partial charge in [-0.2, -0.15) is 0 Å². The standard InChI is InChI=1S/C21H21ClN4O2/c1-25(2)12-11-23-21-14-17(24-20-10-6-16(22)13-19(20)21)7-3-15-4-8-18(9-5-15)26(27)28/h3-10,13-14H,11-12H2,1-2H3,(H,23,24)/b7-3+. The number of likely N-dealkylation sites (N-methyl/N-ethyl adjacent to an activating group) is 1. The van der Waals surface area contributed by atoms with E-state index < -0.39 is 4.92 Å². The van der Waals surface area contributed by atoms with E-state index in [1.807, 2.05) is 50.5 Å². The van der Waals surface area contributed by atoms with E-state index in [-0.39, 0.29) is 5.69 Å². The fraction of sp³-hybridized carbons (Fsp3) is 0.190. The maximum atomic E-state index is 10.8. The minimum atomic E-state index is -0.408. The maximum absolute atomic E-state index is 10.8. The second-order valence-corrected chi connectivity index (χ2v) is 7.10. The van der Waals surface area contributed by atoms with Crippen molar-refractivity contribution < 1.29 is 4.92 Å². The fourth-order valence-corrected chi connectivity index (χ4v) is 2.93. The van der Waals surface area contributed by atoms with Crippen LogP contribution in [0.4, 0.5) is 11.4 Å². The van der Waals surface area contributed by atoms with Crippen molar-refractivity contribution in [3.05, 3.63) is 74.9 Å². The number of halogens is 1. The number of rotatable bonds is 7. The van der Waals surface area contributed by atoms with Gasteiger partial charge in [0.2, 0.25) is 0 Å². The van der Waals surface area contributed by atoms with Crippen LogP contribution in [-0.4, -0.2) is 42.0 Å². The van der Waals surface area contributed by atoms with Gasteiger partial charge in [-0.05, 0) is 62.1 Å². The number of anilines is 1. The van der Waals surface area contributed by atoms with Crippen molar-refractivity contribution in [2.75, 3.05) is 32.5 Å². The van der Waals surface area contributed by atoms with Crippen LogP contribution >= 0.6 is 11.6 Å². The zero-order chi connectivity index (χ0) is 20.1. The monoisotopic (exact) mass is 396 g/mol. The molecule has 0 radical (unpaired) electrons. The van der Waals surface area contributed by atoms with Crippen molar-refractivity contribution in [1.82, 2.24) is 9.88 Å². The largest absolute Gasteiger partial charge is 0.383 e. The van der Waals surface area contributed by atoms with Gasteiger partial charge in [0.1, 0.15) is 0 Å². The number of pyridine rings is 1. The minimum absolute atomic E-state index is 0.0743. The van der Waals surface area contributed by atoms with Crippen LogP contribution in [-0.2, 0) is 0 Å². The van der Waals surface area contributed by atoms with Gasteiger partial charge < -0.3 is 10.2 Å². The van der Waals surface area contributed by atoms with E-state index in [0.29, 0.717) is 5.02 Å². The van der Waals surface area contributed by atoms with Crippen molar-refractivity contribution in [1.29, 1.82) is 0 Å². The number of nitro benzene ring substituents is 1. The first-order valence-corrected chi connectivity index (χ1v) is 9.21. The van der Waals surface area contributed by atoms with Crippen molar-refractivity contribution in [2.45, 2.75) is 0 Å². The summed E-state index contributed by atoms with van der Waals surface area (Å²) in [5.41, 5.74) is 3.55. The molecule has 0 atom stereocenters. The Balaban J connectivity index is 1.89. The van der Waals surface area contributed by atoms with Crippen LogP contribution < -0.4 is 5.32 Å². The van der Waals surface area contributed by atoms with E-state index in [4.69, 9.17) is 11.6 Å². The highest BCUT2D eigenvalue weighted by atomic mass is 35.5.